The molecule has 0 saturated carbocycles. The van der Waals surface area contributed by atoms with Crippen molar-refractivity contribution in [2.75, 3.05) is 35.8 Å². The van der Waals surface area contributed by atoms with Gasteiger partial charge in [-0.2, -0.15) is 9.97 Å². The SMILES string of the molecule is CC(C)n1ccc(NC(=O)OCC2c3ccccc3-c3ccccc32)nc1=O.CC(C)n1cnc2c(=O)[nH]c(NC(=O)OCC3c4ccccc4-c4ccccc43)nc21.CC(C)n1cnc2c(NC(=O)OCC3c4ccccc4-c4ccccc43)ncnc21. The monoisotopic (exact) mass is 1190 g/mol. The highest BCUT2D eigenvalue weighted by molar-refractivity contribution is 5.93. The fourth-order valence-corrected chi connectivity index (χ4v) is 11.8. The number of H-pyrrole nitrogens is 1. The number of benzene rings is 6. The van der Waals surface area contributed by atoms with E-state index in [4.69, 9.17) is 14.2 Å². The van der Waals surface area contributed by atoms with Crippen LogP contribution in [-0.2, 0) is 14.2 Å². The summed E-state index contributed by atoms with van der Waals surface area (Å²) in [6.07, 6.45) is 4.43. The molecule has 21 nitrogen and oxygen atoms in total. The second-order valence-corrected chi connectivity index (χ2v) is 22.4. The molecule has 0 spiro atoms. The van der Waals surface area contributed by atoms with Crippen molar-refractivity contribution in [3.05, 3.63) is 231 Å². The van der Waals surface area contributed by atoms with Gasteiger partial charge in [0.15, 0.2) is 28.1 Å². The van der Waals surface area contributed by atoms with E-state index in [9.17, 15) is 24.0 Å². The number of carbonyl (C=O) groups excluding carboxylic acids is 3. The van der Waals surface area contributed by atoms with Gasteiger partial charge in [0.2, 0.25) is 5.95 Å². The molecule has 0 aliphatic heterocycles. The van der Waals surface area contributed by atoms with E-state index in [0.717, 1.165) is 33.4 Å². The van der Waals surface area contributed by atoms with Crippen molar-refractivity contribution in [2.24, 2.45) is 0 Å². The van der Waals surface area contributed by atoms with Gasteiger partial charge in [0.1, 0.15) is 32.0 Å². The van der Waals surface area contributed by atoms with E-state index in [1.54, 1.807) is 29.5 Å². The lowest BCUT2D eigenvalue weighted by atomic mass is 9.98. The lowest BCUT2D eigenvalue weighted by Crippen LogP contribution is -2.26. The highest BCUT2D eigenvalue weighted by Crippen LogP contribution is 2.47. The number of amides is 3. The van der Waals surface area contributed by atoms with Crippen LogP contribution in [0.4, 0.5) is 32.0 Å². The van der Waals surface area contributed by atoms with Crippen LogP contribution in [0.15, 0.2) is 186 Å². The molecular formula is C68H63N13O8. The van der Waals surface area contributed by atoms with Crippen molar-refractivity contribution in [3.8, 4) is 33.4 Å². The van der Waals surface area contributed by atoms with Gasteiger partial charge in [-0.05, 0) is 114 Å². The number of carbonyl (C=O) groups is 3. The first kappa shape index (κ1) is 58.3. The summed E-state index contributed by atoms with van der Waals surface area (Å²) in [5.41, 5.74) is 15.0. The fraction of sp³-hybridized carbons (Fsp3) is 0.221. The molecule has 5 aromatic heterocycles. The summed E-state index contributed by atoms with van der Waals surface area (Å²) in [6.45, 7) is 12.4. The molecule has 0 radical (unpaired) electrons. The number of nitrogens with one attached hydrogen (secondary N) is 4. The maximum Gasteiger partial charge on any atom is 0.414 e. The molecule has 0 atom stereocenters. The molecular weight excluding hydrogens is 1130 g/mol. The van der Waals surface area contributed by atoms with Gasteiger partial charge in [0.05, 0.1) is 12.7 Å². The summed E-state index contributed by atoms with van der Waals surface area (Å²) in [7, 11) is 0. The number of hydrogen-bond donors (Lipinski definition) is 4. The molecule has 21 heteroatoms. The predicted octanol–water partition coefficient (Wildman–Crippen LogP) is 13.0. The maximum absolute atomic E-state index is 12.5. The summed E-state index contributed by atoms with van der Waals surface area (Å²) in [5, 5.41) is 7.79. The number of aromatic nitrogens is 10. The lowest BCUT2D eigenvalue weighted by molar-refractivity contribution is 0.157. The van der Waals surface area contributed by atoms with Gasteiger partial charge in [-0.3, -0.25) is 30.3 Å². The van der Waals surface area contributed by atoms with E-state index in [2.05, 4.69) is 124 Å². The third-order valence-electron chi connectivity index (χ3n) is 16.0. The number of hydrogen-bond acceptors (Lipinski definition) is 14. The smallest absolute Gasteiger partial charge is 0.414 e. The topological polar surface area (TPSA) is 257 Å². The number of fused-ring (bicyclic) bond motifs is 11. The number of rotatable bonds is 12. The minimum atomic E-state index is -0.681. The van der Waals surface area contributed by atoms with Crippen LogP contribution >= 0.6 is 0 Å². The predicted molar refractivity (Wildman–Crippen MR) is 339 cm³/mol. The third-order valence-corrected chi connectivity index (χ3v) is 16.0. The first-order valence-corrected chi connectivity index (χ1v) is 29.3. The standard InChI is InChI=1S/C23H21N5O3.C23H21N5O2.C22H21N3O3/c1-13(2)28-12-24-19-20(28)25-22(26-21(19)29)27-23(30)31-11-18-16-9-5-3-7-14(16)15-8-4-6-10-17(15)18;1-14(2)28-13-26-20-21(24-12-25-22(20)28)27-23(29)30-11-19-17-9-5-3-7-15(17)16-8-4-6-10-18(16)19;1-14(2)25-12-11-20(23-21(25)26)24-22(27)28-13-19-17-9-5-3-7-15(17)16-8-4-6-10-18(16)19/h3-10,12-13,18H,11H2,1-2H3,(H2,25,26,27,29,30);3-10,12-14,19H,11H2,1-2H3,(H,24,25,27,29);3-12,14,19H,13H2,1-2H3,(H,23,24,26,27). The highest BCUT2D eigenvalue weighted by Gasteiger charge is 2.32. The van der Waals surface area contributed by atoms with Crippen LogP contribution in [0.1, 0.15) is 111 Å². The normalized spacial score (nSPS) is 12.7. The van der Waals surface area contributed by atoms with Crippen molar-refractivity contribution in [2.45, 2.75) is 77.4 Å². The van der Waals surface area contributed by atoms with E-state index < -0.39 is 29.5 Å². The van der Waals surface area contributed by atoms with E-state index in [1.807, 2.05) is 119 Å². The average molecular weight is 1190 g/mol. The summed E-state index contributed by atoms with van der Waals surface area (Å²) < 4.78 is 21.8. The molecule has 5 heterocycles. The Morgan fingerprint density at radius 2 is 0.831 bits per heavy atom. The molecule has 89 heavy (non-hydrogen) atoms. The molecule has 0 fully saturated rings. The van der Waals surface area contributed by atoms with Crippen LogP contribution < -0.4 is 27.2 Å². The molecule has 11 aromatic rings. The summed E-state index contributed by atoms with van der Waals surface area (Å²) in [4.78, 5) is 89.2. The fourth-order valence-electron chi connectivity index (χ4n) is 11.8. The van der Waals surface area contributed by atoms with Crippen molar-refractivity contribution in [1.29, 1.82) is 0 Å². The molecule has 448 valence electrons. The number of aromatic amines is 1. The Morgan fingerprint density at radius 3 is 1.25 bits per heavy atom. The Morgan fingerprint density at radius 1 is 0.449 bits per heavy atom. The van der Waals surface area contributed by atoms with Gasteiger partial charge < -0.3 is 23.3 Å². The molecule has 3 aliphatic rings. The van der Waals surface area contributed by atoms with Crippen molar-refractivity contribution >= 4 is 58.2 Å². The summed E-state index contributed by atoms with van der Waals surface area (Å²) in [6, 6.07) is 50.9. The van der Waals surface area contributed by atoms with Crippen molar-refractivity contribution < 1.29 is 28.6 Å². The zero-order valence-corrected chi connectivity index (χ0v) is 49.6. The van der Waals surface area contributed by atoms with Gasteiger partial charge in [-0.1, -0.05) is 146 Å². The summed E-state index contributed by atoms with van der Waals surface area (Å²) >= 11 is 0. The van der Waals surface area contributed by atoms with E-state index in [1.165, 1.54) is 44.3 Å². The average Bonchev–Trinajstić information content (AvgIpc) is 1.83. The maximum atomic E-state index is 12.5. The molecule has 3 amide bonds. The summed E-state index contributed by atoms with van der Waals surface area (Å²) in [5.74, 6) is 0.497. The van der Waals surface area contributed by atoms with Crippen molar-refractivity contribution in [3.63, 3.8) is 0 Å². The van der Waals surface area contributed by atoms with Crippen molar-refractivity contribution in [1.82, 2.24) is 48.6 Å². The quantitative estimate of drug-likeness (QED) is 0.0830. The largest absolute Gasteiger partial charge is 0.448 e. The first-order valence-electron chi connectivity index (χ1n) is 29.3. The molecule has 0 saturated heterocycles. The first-order chi connectivity index (χ1) is 43.2. The van der Waals surface area contributed by atoms with Crippen LogP contribution in [0.25, 0.3) is 55.7 Å². The zero-order chi connectivity index (χ0) is 61.9. The van der Waals surface area contributed by atoms with Gasteiger partial charge in [0.25, 0.3) is 5.56 Å². The third kappa shape index (κ3) is 11.8. The molecule has 4 N–H and O–H groups in total. The number of ether oxygens (including phenoxy) is 3. The zero-order valence-electron chi connectivity index (χ0n) is 49.6. The van der Waals surface area contributed by atoms with E-state index in [0.29, 0.717) is 22.6 Å². The molecule has 6 aromatic carbocycles. The Labute approximate surface area is 510 Å². The molecule has 0 unspecified atom stereocenters. The van der Waals surface area contributed by atoms with Gasteiger partial charge >= 0.3 is 24.0 Å². The second-order valence-electron chi connectivity index (χ2n) is 22.4. The van der Waals surface area contributed by atoms with Crippen LogP contribution in [-0.4, -0.2) is 86.7 Å². The van der Waals surface area contributed by atoms with Crippen LogP contribution in [0, 0.1) is 0 Å². The molecule has 3 aliphatic carbocycles. The van der Waals surface area contributed by atoms with Gasteiger partial charge in [-0.15, -0.1) is 0 Å². The second kappa shape index (κ2) is 25.1. The van der Waals surface area contributed by atoms with Gasteiger partial charge in [0, 0.05) is 42.1 Å². The minimum Gasteiger partial charge on any atom is -0.448 e. The van der Waals surface area contributed by atoms with Gasteiger partial charge in [-0.25, -0.2) is 39.1 Å². The number of anilines is 3. The Kier molecular flexibility index (Phi) is 16.4. The van der Waals surface area contributed by atoms with E-state index in [-0.39, 0.29) is 73.0 Å². The van der Waals surface area contributed by atoms with Crippen LogP contribution in [0.5, 0.6) is 0 Å². The van der Waals surface area contributed by atoms with E-state index >= 15 is 0 Å². The Hall–Kier alpha value is -11.1. The molecule has 14 rings (SSSR count). The Bertz CT molecular complexity index is 4470. The lowest BCUT2D eigenvalue weighted by Gasteiger charge is -2.14. The van der Waals surface area contributed by atoms with Crippen LogP contribution in [0.3, 0.4) is 0 Å². The number of imidazole rings is 2. The number of nitrogens with zero attached hydrogens (tertiary/aromatic N) is 9. The van der Waals surface area contributed by atoms with Crippen LogP contribution in [0.2, 0.25) is 0 Å². The highest BCUT2D eigenvalue weighted by atomic mass is 16.6. The minimum absolute atomic E-state index is 0.00324. The molecule has 0 bridgehead atoms. The Balaban J connectivity index is 0.000000130.